The summed E-state index contributed by atoms with van der Waals surface area (Å²) in [7, 11) is 0. The van der Waals surface area contributed by atoms with Crippen molar-refractivity contribution in [1.82, 2.24) is 19.9 Å². The molecule has 152 valence electrons. The molecule has 0 aliphatic carbocycles. The number of benzene rings is 1. The number of rotatable bonds is 5. The molecule has 1 aromatic carbocycles. The fraction of sp³-hybridized carbons (Fsp3) is 0.389. The first kappa shape index (κ1) is 19.4. The van der Waals surface area contributed by atoms with Crippen molar-refractivity contribution < 1.29 is 18.7 Å². The number of ether oxygens (including phenoxy) is 1. The maximum Gasteiger partial charge on any atom is 0.330 e. The lowest BCUT2D eigenvalue weighted by Crippen LogP contribution is -2.46. The van der Waals surface area contributed by atoms with E-state index in [1.165, 1.54) is 24.3 Å². The van der Waals surface area contributed by atoms with Gasteiger partial charge in [-0.25, -0.2) is 9.18 Å². The Hall–Kier alpha value is -2.95. The topological polar surface area (TPSA) is 123 Å². The lowest BCUT2D eigenvalue weighted by atomic mass is 10.2. The van der Waals surface area contributed by atoms with Crippen molar-refractivity contribution in [3.8, 4) is 0 Å². The standard InChI is InChI=1S/C18H19FN6O3S/c1-18-7-6-14(26)25(18)12(9-29-18)15(27)28-8-13-22-16(20)24-17(23-13)21-11-4-2-10(19)3-5-11/h2-5,12H,6-9H2,1H3,(H3,20,21,22,23,24)/t12-,18+/m0/s1. The third-order valence-corrected chi connectivity index (χ3v) is 6.36. The number of nitrogens with two attached hydrogens (primary N) is 1. The van der Waals surface area contributed by atoms with Crippen molar-refractivity contribution in [3.63, 3.8) is 0 Å². The van der Waals surface area contributed by atoms with Crippen LogP contribution in [-0.2, 0) is 20.9 Å². The molecule has 0 bridgehead atoms. The monoisotopic (exact) mass is 418 g/mol. The molecule has 0 radical (unpaired) electrons. The van der Waals surface area contributed by atoms with Crippen molar-refractivity contribution in [2.45, 2.75) is 37.3 Å². The third kappa shape index (κ3) is 3.95. The molecule has 3 N–H and O–H groups in total. The number of thioether (sulfide) groups is 1. The van der Waals surface area contributed by atoms with Gasteiger partial charge in [0.1, 0.15) is 11.9 Å². The van der Waals surface area contributed by atoms with E-state index in [0.29, 0.717) is 17.9 Å². The SMILES string of the molecule is C[C@@]12CCC(=O)N1[C@H](C(=O)OCc1nc(N)nc(Nc3ccc(F)cc3)n1)CS2. The molecule has 9 nitrogen and oxygen atoms in total. The summed E-state index contributed by atoms with van der Waals surface area (Å²) in [5, 5.41) is 2.89. The third-order valence-electron chi connectivity index (χ3n) is 4.86. The second kappa shape index (κ2) is 7.47. The fourth-order valence-corrected chi connectivity index (χ4v) is 4.86. The molecule has 2 saturated heterocycles. The zero-order chi connectivity index (χ0) is 20.6. The van der Waals surface area contributed by atoms with Gasteiger partial charge in [-0.1, -0.05) is 0 Å². The van der Waals surface area contributed by atoms with E-state index in [0.717, 1.165) is 6.42 Å². The first-order valence-electron chi connectivity index (χ1n) is 9.00. The maximum absolute atomic E-state index is 13.0. The van der Waals surface area contributed by atoms with E-state index in [9.17, 15) is 14.0 Å². The molecule has 3 heterocycles. The van der Waals surface area contributed by atoms with Crippen LogP contribution in [0.15, 0.2) is 24.3 Å². The molecule has 4 rings (SSSR count). The quantitative estimate of drug-likeness (QED) is 0.700. The summed E-state index contributed by atoms with van der Waals surface area (Å²) in [6.45, 7) is 1.76. The van der Waals surface area contributed by atoms with Gasteiger partial charge in [-0.3, -0.25) is 4.79 Å². The molecular weight excluding hydrogens is 399 g/mol. The van der Waals surface area contributed by atoms with Crippen LogP contribution in [0.4, 0.5) is 22.0 Å². The van der Waals surface area contributed by atoms with Crippen LogP contribution in [0.5, 0.6) is 0 Å². The zero-order valence-corrected chi connectivity index (χ0v) is 16.4. The summed E-state index contributed by atoms with van der Waals surface area (Å²) >= 11 is 1.59. The van der Waals surface area contributed by atoms with Crippen LogP contribution in [-0.4, -0.2) is 48.4 Å². The van der Waals surface area contributed by atoms with Gasteiger partial charge < -0.3 is 20.7 Å². The van der Waals surface area contributed by atoms with Gasteiger partial charge in [-0.05, 0) is 37.6 Å². The number of hydrogen-bond donors (Lipinski definition) is 2. The summed E-state index contributed by atoms with van der Waals surface area (Å²) in [5.41, 5.74) is 6.28. The average Bonchev–Trinajstić information content (AvgIpc) is 3.17. The molecule has 0 saturated carbocycles. The van der Waals surface area contributed by atoms with Crippen molar-refractivity contribution >= 4 is 41.2 Å². The number of esters is 1. The van der Waals surface area contributed by atoms with Crippen molar-refractivity contribution in [2.24, 2.45) is 0 Å². The van der Waals surface area contributed by atoms with Crippen LogP contribution >= 0.6 is 11.8 Å². The van der Waals surface area contributed by atoms with E-state index in [1.807, 2.05) is 6.92 Å². The number of halogens is 1. The number of carbonyl (C=O) groups excluding carboxylic acids is 2. The van der Waals surface area contributed by atoms with Gasteiger partial charge in [0.15, 0.2) is 12.4 Å². The zero-order valence-electron chi connectivity index (χ0n) is 15.6. The number of hydrogen-bond acceptors (Lipinski definition) is 9. The number of carbonyl (C=O) groups is 2. The lowest BCUT2D eigenvalue weighted by Gasteiger charge is -2.29. The highest BCUT2D eigenvalue weighted by molar-refractivity contribution is 8.01. The predicted molar refractivity (Wildman–Crippen MR) is 104 cm³/mol. The molecule has 11 heteroatoms. The predicted octanol–water partition coefficient (Wildman–Crippen LogP) is 1.83. The minimum Gasteiger partial charge on any atom is -0.456 e. The number of anilines is 3. The van der Waals surface area contributed by atoms with Gasteiger partial charge in [0.05, 0.1) is 4.87 Å². The van der Waals surface area contributed by atoms with Crippen molar-refractivity contribution in [3.05, 3.63) is 35.9 Å². The second-order valence-electron chi connectivity index (χ2n) is 6.94. The van der Waals surface area contributed by atoms with Crippen LogP contribution in [0.1, 0.15) is 25.6 Å². The number of aromatic nitrogens is 3. The first-order valence-corrected chi connectivity index (χ1v) is 9.98. The summed E-state index contributed by atoms with van der Waals surface area (Å²) in [6, 6.07) is 5.02. The molecule has 2 aromatic rings. The normalized spacial score (nSPS) is 23.2. The van der Waals surface area contributed by atoms with Crippen LogP contribution < -0.4 is 11.1 Å². The highest BCUT2D eigenvalue weighted by Crippen LogP contribution is 2.47. The van der Waals surface area contributed by atoms with E-state index >= 15 is 0 Å². The Labute approximate surface area is 170 Å². The Kier molecular flexibility index (Phi) is 4.99. The lowest BCUT2D eigenvalue weighted by molar-refractivity contribution is -0.154. The van der Waals surface area contributed by atoms with Gasteiger partial charge in [-0.15, -0.1) is 11.8 Å². The van der Waals surface area contributed by atoms with Gasteiger partial charge in [-0.2, -0.15) is 15.0 Å². The molecule has 0 spiro atoms. The van der Waals surface area contributed by atoms with E-state index in [1.54, 1.807) is 16.7 Å². The molecule has 1 amide bonds. The molecule has 0 unspecified atom stereocenters. The molecular formula is C18H19FN6O3S. The summed E-state index contributed by atoms with van der Waals surface area (Å²) in [6.07, 6.45) is 1.17. The average molecular weight is 418 g/mol. The van der Waals surface area contributed by atoms with Crippen molar-refractivity contribution in [2.75, 3.05) is 16.8 Å². The van der Waals surface area contributed by atoms with Crippen LogP contribution in [0, 0.1) is 5.82 Å². The van der Waals surface area contributed by atoms with Crippen molar-refractivity contribution in [1.29, 1.82) is 0 Å². The number of fused-ring (bicyclic) bond motifs is 1. The van der Waals surface area contributed by atoms with Gasteiger partial charge in [0, 0.05) is 17.9 Å². The van der Waals surface area contributed by atoms with E-state index in [4.69, 9.17) is 10.5 Å². The largest absolute Gasteiger partial charge is 0.456 e. The van der Waals surface area contributed by atoms with Gasteiger partial charge in [0.2, 0.25) is 17.8 Å². The number of nitrogens with zero attached hydrogens (tertiary/aromatic N) is 4. The van der Waals surface area contributed by atoms with E-state index < -0.39 is 12.0 Å². The molecule has 1 aromatic heterocycles. The summed E-state index contributed by atoms with van der Waals surface area (Å²) in [5.74, 6) is -0.133. The Morgan fingerprint density at radius 1 is 1.38 bits per heavy atom. The Bertz CT molecular complexity index is 959. The molecule has 2 fully saturated rings. The molecule has 2 aliphatic rings. The van der Waals surface area contributed by atoms with Gasteiger partial charge >= 0.3 is 5.97 Å². The Balaban J connectivity index is 1.42. The number of nitrogens with one attached hydrogen (secondary N) is 1. The Morgan fingerprint density at radius 2 is 2.14 bits per heavy atom. The highest BCUT2D eigenvalue weighted by Gasteiger charge is 2.53. The maximum atomic E-state index is 13.0. The van der Waals surface area contributed by atoms with E-state index in [-0.39, 0.29) is 40.9 Å². The minimum atomic E-state index is -0.615. The highest BCUT2D eigenvalue weighted by atomic mass is 32.2. The van der Waals surface area contributed by atoms with Gasteiger partial charge in [0.25, 0.3) is 0 Å². The fourth-order valence-electron chi connectivity index (χ4n) is 3.45. The molecule has 2 aliphatic heterocycles. The smallest absolute Gasteiger partial charge is 0.330 e. The number of amides is 1. The minimum absolute atomic E-state index is 0.0327. The Morgan fingerprint density at radius 3 is 2.90 bits per heavy atom. The summed E-state index contributed by atoms with van der Waals surface area (Å²) < 4.78 is 18.4. The van der Waals surface area contributed by atoms with Crippen LogP contribution in [0.25, 0.3) is 0 Å². The number of nitrogen functional groups attached to an aromatic ring is 1. The molecule has 2 atom stereocenters. The first-order chi connectivity index (χ1) is 13.8. The summed E-state index contributed by atoms with van der Waals surface area (Å²) in [4.78, 5) is 38.1. The second-order valence-corrected chi connectivity index (χ2v) is 8.44. The van der Waals surface area contributed by atoms with Crippen LogP contribution in [0.2, 0.25) is 0 Å². The molecule has 29 heavy (non-hydrogen) atoms. The van der Waals surface area contributed by atoms with E-state index in [2.05, 4.69) is 20.3 Å². The van der Waals surface area contributed by atoms with Crippen LogP contribution in [0.3, 0.4) is 0 Å².